The first-order chi connectivity index (χ1) is 7.66. The van der Waals surface area contributed by atoms with Crippen molar-refractivity contribution in [3.63, 3.8) is 0 Å². The van der Waals surface area contributed by atoms with Crippen molar-refractivity contribution in [3.8, 4) is 0 Å². The minimum absolute atomic E-state index is 0.244. The minimum atomic E-state index is 0.244. The fourth-order valence-corrected chi connectivity index (χ4v) is 2.71. The molecule has 1 atom stereocenters. The maximum absolute atomic E-state index is 6.37. The van der Waals surface area contributed by atoms with Crippen molar-refractivity contribution in [3.05, 3.63) is 35.4 Å². The molecule has 0 amide bonds. The predicted octanol–water partition coefficient (Wildman–Crippen LogP) is 3.82. The van der Waals surface area contributed by atoms with Gasteiger partial charge >= 0.3 is 0 Å². The lowest BCUT2D eigenvalue weighted by Gasteiger charge is -2.30. The van der Waals surface area contributed by atoms with E-state index < -0.39 is 0 Å². The molecule has 1 unspecified atom stereocenters. The summed E-state index contributed by atoms with van der Waals surface area (Å²) < 4.78 is 0. The third-order valence-electron chi connectivity index (χ3n) is 4.03. The Balaban J connectivity index is 2.01. The van der Waals surface area contributed by atoms with Crippen LogP contribution in [0.4, 0.5) is 0 Å². The molecule has 1 aromatic rings. The number of hydrogen-bond donors (Lipinski definition) is 1. The summed E-state index contributed by atoms with van der Waals surface area (Å²) >= 11 is 0. The van der Waals surface area contributed by atoms with E-state index in [4.69, 9.17) is 5.73 Å². The number of rotatable bonds is 2. The minimum Gasteiger partial charge on any atom is -0.324 e. The van der Waals surface area contributed by atoms with E-state index in [0.717, 1.165) is 5.92 Å². The van der Waals surface area contributed by atoms with Crippen molar-refractivity contribution in [1.82, 2.24) is 0 Å². The van der Waals surface area contributed by atoms with Gasteiger partial charge in [0.1, 0.15) is 0 Å². The second-order valence-electron chi connectivity index (χ2n) is 5.46. The molecule has 16 heavy (non-hydrogen) atoms. The van der Waals surface area contributed by atoms with E-state index >= 15 is 0 Å². The van der Waals surface area contributed by atoms with Gasteiger partial charge in [-0.1, -0.05) is 49.6 Å². The molecule has 0 aromatic heterocycles. The topological polar surface area (TPSA) is 26.0 Å². The van der Waals surface area contributed by atoms with Gasteiger partial charge in [-0.05, 0) is 37.2 Å². The van der Waals surface area contributed by atoms with Gasteiger partial charge in [-0.2, -0.15) is 0 Å². The Kier molecular flexibility index (Phi) is 3.65. The zero-order chi connectivity index (χ0) is 11.5. The fraction of sp³-hybridized carbons (Fsp3) is 0.600. The summed E-state index contributed by atoms with van der Waals surface area (Å²) in [6.07, 6.45) is 5.31. The zero-order valence-electron chi connectivity index (χ0n) is 10.4. The molecule has 88 valence electrons. The van der Waals surface area contributed by atoms with E-state index in [2.05, 4.69) is 38.1 Å². The molecule has 2 N–H and O–H groups in total. The third kappa shape index (κ3) is 2.65. The Morgan fingerprint density at radius 2 is 1.62 bits per heavy atom. The van der Waals surface area contributed by atoms with Crippen LogP contribution in [0.25, 0.3) is 0 Å². The molecule has 1 nitrogen and oxygen atoms in total. The van der Waals surface area contributed by atoms with Gasteiger partial charge in [0.2, 0.25) is 0 Å². The van der Waals surface area contributed by atoms with E-state index in [1.54, 1.807) is 0 Å². The second kappa shape index (κ2) is 5.01. The molecule has 0 bridgehead atoms. The first-order valence-electron chi connectivity index (χ1n) is 6.49. The van der Waals surface area contributed by atoms with Crippen molar-refractivity contribution < 1.29 is 0 Å². The Bertz CT molecular complexity index is 320. The maximum atomic E-state index is 6.37. The van der Waals surface area contributed by atoms with Crippen LogP contribution >= 0.6 is 0 Å². The second-order valence-corrected chi connectivity index (χ2v) is 5.46. The van der Waals surface area contributed by atoms with Gasteiger partial charge in [0.25, 0.3) is 0 Å². The van der Waals surface area contributed by atoms with Crippen LogP contribution in [0.2, 0.25) is 0 Å². The Labute approximate surface area is 99.0 Å². The highest BCUT2D eigenvalue weighted by molar-refractivity contribution is 5.24. The van der Waals surface area contributed by atoms with E-state index in [0.29, 0.717) is 5.92 Å². The van der Waals surface area contributed by atoms with Gasteiger partial charge in [0, 0.05) is 6.04 Å². The van der Waals surface area contributed by atoms with Crippen molar-refractivity contribution in [2.75, 3.05) is 0 Å². The number of hydrogen-bond acceptors (Lipinski definition) is 1. The largest absolute Gasteiger partial charge is 0.324 e. The van der Waals surface area contributed by atoms with Crippen molar-refractivity contribution in [2.24, 2.45) is 17.6 Å². The lowest BCUT2D eigenvalue weighted by atomic mass is 9.77. The summed E-state index contributed by atoms with van der Waals surface area (Å²) in [5.74, 6) is 1.60. The van der Waals surface area contributed by atoms with Crippen LogP contribution in [0.3, 0.4) is 0 Å². The maximum Gasteiger partial charge on any atom is 0.0323 e. The number of nitrogens with two attached hydrogens (primary N) is 1. The Hall–Kier alpha value is -0.820. The van der Waals surface area contributed by atoms with Gasteiger partial charge in [-0.15, -0.1) is 0 Å². The van der Waals surface area contributed by atoms with Gasteiger partial charge in [0.15, 0.2) is 0 Å². The summed E-state index contributed by atoms with van der Waals surface area (Å²) in [6, 6.07) is 8.96. The number of benzene rings is 1. The van der Waals surface area contributed by atoms with E-state index in [9.17, 15) is 0 Å². The third-order valence-corrected chi connectivity index (χ3v) is 4.03. The molecule has 1 saturated carbocycles. The normalized spacial score (nSPS) is 27.7. The molecule has 1 heteroatoms. The average molecular weight is 217 g/mol. The van der Waals surface area contributed by atoms with Crippen LogP contribution < -0.4 is 5.73 Å². The Morgan fingerprint density at radius 3 is 2.19 bits per heavy atom. The van der Waals surface area contributed by atoms with Crippen LogP contribution in [0.5, 0.6) is 0 Å². The molecule has 2 rings (SSSR count). The SMILES string of the molecule is Cc1ccc(C(N)C2CCC(C)CC2)cc1. The Morgan fingerprint density at radius 1 is 1.06 bits per heavy atom. The highest BCUT2D eigenvalue weighted by atomic mass is 14.7. The van der Waals surface area contributed by atoms with Crippen molar-refractivity contribution in [1.29, 1.82) is 0 Å². The molecule has 1 aliphatic carbocycles. The molecular weight excluding hydrogens is 194 g/mol. The summed E-state index contributed by atoms with van der Waals surface area (Å²) in [7, 11) is 0. The molecule has 0 aliphatic heterocycles. The fourth-order valence-electron chi connectivity index (χ4n) is 2.71. The van der Waals surface area contributed by atoms with Crippen LogP contribution in [-0.4, -0.2) is 0 Å². The molecule has 0 heterocycles. The lowest BCUT2D eigenvalue weighted by molar-refractivity contribution is 0.256. The summed E-state index contributed by atoms with van der Waals surface area (Å²) in [5.41, 5.74) is 8.99. The van der Waals surface area contributed by atoms with Crippen LogP contribution in [0.1, 0.15) is 49.8 Å². The van der Waals surface area contributed by atoms with E-state index in [-0.39, 0.29) is 6.04 Å². The first-order valence-corrected chi connectivity index (χ1v) is 6.49. The molecule has 1 aromatic carbocycles. The van der Waals surface area contributed by atoms with Crippen molar-refractivity contribution in [2.45, 2.75) is 45.6 Å². The van der Waals surface area contributed by atoms with E-state index in [1.807, 2.05) is 0 Å². The summed E-state index contributed by atoms with van der Waals surface area (Å²) in [6.45, 7) is 4.48. The molecular formula is C15H23N. The van der Waals surface area contributed by atoms with Crippen LogP contribution in [-0.2, 0) is 0 Å². The molecule has 1 aliphatic rings. The molecule has 0 saturated heterocycles. The standard InChI is InChI=1S/C15H23N/c1-11-3-7-13(8-4-11)15(16)14-9-5-12(2)6-10-14/h3-4,7-8,12,14-15H,5-6,9-10,16H2,1-2H3. The first kappa shape index (κ1) is 11.7. The quantitative estimate of drug-likeness (QED) is 0.800. The molecule has 0 radical (unpaired) electrons. The summed E-state index contributed by atoms with van der Waals surface area (Å²) in [4.78, 5) is 0. The highest BCUT2D eigenvalue weighted by Crippen LogP contribution is 2.35. The monoisotopic (exact) mass is 217 g/mol. The molecule has 1 fully saturated rings. The van der Waals surface area contributed by atoms with E-state index in [1.165, 1.54) is 36.8 Å². The predicted molar refractivity (Wildman–Crippen MR) is 69.2 cm³/mol. The van der Waals surface area contributed by atoms with Crippen LogP contribution in [0, 0.1) is 18.8 Å². The highest BCUT2D eigenvalue weighted by Gasteiger charge is 2.24. The van der Waals surface area contributed by atoms with Gasteiger partial charge < -0.3 is 5.73 Å². The number of aryl methyl sites for hydroxylation is 1. The van der Waals surface area contributed by atoms with Crippen molar-refractivity contribution >= 4 is 0 Å². The smallest absolute Gasteiger partial charge is 0.0323 e. The lowest BCUT2D eigenvalue weighted by Crippen LogP contribution is -2.25. The zero-order valence-corrected chi connectivity index (χ0v) is 10.4. The summed E-state index contributed by atoms with van der Waals surface area (Å²) in [5, 5.41) is 0. The van der Waals surface area contributed by atoms with Gasteiger partial charge in [-0.3, -0.25) is 0 Å². The average Bonchev–Trinajstić information content (AvgIpc) is 2.30. The molecule has 0 spiro atoms. The van der Waals surface area contributed by atoms with Gasteiger partial charge in [0.05, 0.1) is 0 Å². The van der Waals surface area contributed by atoms with Crippen LogP contribution in [0.15, 0.2) is 24.3 Å². The van der Waals surface area contributed by atoms with Gasteiger partial charge in [-0.25, -0.2) is 0 Å².